The van der Waals surface area contributed by atoms with Crippen LogP contribution in [0.3, 0.4) is 0 Å². The minimum absolute atomic E-state index is 0.105. The van der Waals surface area contributed by atoms with Gasteiger partial charge in [0.2, 0.25) is 5.91 Å². The van der Waals surface area contributed by atoms with E-state index in [-0.39, 0.29) is 12.3 Å². The standard InChI is InChI=1S/C19H32N4O2.C2H6/c1-15(2)17-6-11-23(20-17)16-4-9-22(10-5-16)18(24)14-19(25)7-12-21(3)13-8-19;1-2/h6,11,15-16,25H,4-5,7-10,12-14H2,1-3H3;1-2H3. The number of amides is 1. The van der Waals surface area contributed by atoms with Gasteiger partial charge in [0.1, 0.15) is 0 Å². The first-order valence-corrected chi connectivity index (χ1v) is 10.6. The second-order valence-electron chi connectivity index (χ2n) is 8.19. The van der Waals surface area contributed by atoms with Gasteiger partial charge in [0.25, 0.3) is 0 Å². The molecule has 2 fully saturated rings. The van der Waals surface area contributed by atoms with E-state index in [1.165, 1.54) is 0 Å². The van der Waals surface area contributed by atoms with Crippen LogP contribution in [0.4, 0.5) is 0 Å². The van der Waals surface area contributed by atoms with Gasteiger partial charge < -0.3 is 14.9 Å². The summed E-state index contributed by atoms with van der Waals surface area (Å²) in [5.74, 6) is 0.548. The average molecular weight is 379 g/mol. The highest BCUT2D eigenvalue weighted by Crippen LogP contribution is 2.28. The average Bonchev–Trinajstić information content (AvgIpc) is 3.17. The lowest BCUT2D eigenvalue weighted by Gasteiger charge is -2.38. The van der Waals surface area contributed by atoms with E-state index in [2.05, 4.69) is 47.8 Å². The molecule has 0 bridgehead atoms. The van der Waals surface area contributed by atoms with Crippen LogP contribution < -0.4 is 0 Å². The topological polar surface area (TPSA) is 61.6 Å². The molecule has 0 atom stereocenters. The Morgan fingerprint density at radius 2 is 1.81 bits per heavy atom. The summed E-state index contributed by atoms with van der Waals surface area (Å²) in [6.07, 6.45) is 5.59. The molecule has 154 valence electrons. The first-order chi connectivity index (χ1) is 12.9. The maximum absolute atomic E-state index is 12.6. The van der Waals surface area contributed by atoms with E-state index in [1.807, 2.05) is 18.7 Å². The first kappa shape index (κ1) is 21.9. The molecule has 3 heterocycles. The second-order valence-corrected chi connectivity index (χ2v) is 8.19. The van der Waals surface area contributed by atoms with Crippen LogP contribution in [0.1, 0.15) is 77.5 Å². The fourth-order valence-corrected chi connectivity index (χ4v) is 3.85. The fourth-order valence-electron chi connectivity index (χ4n) is 3.85. The summed E-state index contributed by atoms with van der Waals surface area (Å²) in [6.45, 7) is 11.6. The molecule has 0 unspecified atom stereocenters. The van der Waals surface area contributed by atoms with Crippen LogP contribution in [0.25, 0.3) is 0 Å². The molecule has 6 heteroatoms. The van der Waals surface area contributed by atoms with Gasteiger partial charge in [-0.05, 0) is 44.7 Å². The minimum Gasteiger partial charge on any atom is -0.389 e. The zero-order chi connectivity index (χ0) is 20.0. The summed E-state index contributed by atoms with van der Waals surface area (Å²) in [7, 11) is 2.06. The lowest BCUT2D eigenvalue weighted by Crippen LogP contribution is -2.48. The molecule has 3 rings (SSSR count). The third kappa shape index (κ3) is 5.79. The number of likely N-dealkylation sites (tertiary alicyclic amines) is 2. The summed E-state index contributed by atoms with van der Waals surface area (Å²) in [6, 6.07) is 2.47. The number of rotatable bonds is 4. The highest BCUT2D eigenvalue weighted by atomic mass is 16.3. The van der Waals surface area contributed by atoms with E-state index < -0.39 is 5.60 Å². The van der Waals surface area contributed by atoms with Crippen molar-refractivity contribution in [1.82, 2.24) is 19.6 Å². The van der Waals surface area contributed by atoms with Crippen molar-refractivity contribution in [2.24, 2.45) is 0 Å². The Hall–Kier alpha value is -1.40. The highest BCUT2D eigenvalue weighted by molar-refractivity contribution is 5.77. The predicted molar refractivity (Wildman–Crippen MR) is 109 cm³/mol. The number of nitrogens with zero attached hydrogens (tertiary/aromatic N) is 4. The third-order valence-corrected chi connectivity index (χ3v) is 5.81. The zero-order valence-electron chi connectivity index (χ0n) is 17.8. The molecule has 2 saturated heterocycles. The van der Waals surface area contributed by atoms with Gasteiger partial charge in [-0.3, -0.25) is 9.48 Å². The number of hydrogen-bond donors (Lipinski definition) is 1. The Balaban J connectivity index is 0.00000126. The SMILES string of the molecule is CC.CC(C)c1ccn(C2CCN(C(=O)CC3(O)CCN(C)CC3)CC2)n1. The molecule has 1 aromatic heterocycles. The number of carbonyl (C=O) groups excluding carboxylic acids is 1. The number of piperidine rings is 2. The van der Waals surface area contributed by atoms with Crippen molar-refractivity contribution >= 4 is 5.91 Å². The maximum Gasteiger partial charge on any atom is 0.225 e. The highest BCUT2D eigenvalue weighted by Gasteiger charge is 2.35. The smallest absolute Gasteiger partial charge is 0.225 e. The van der Waals surface area contributed by atoms with Crippen molar-refractivity contribution < 1.29 is 9.90 Å². The normalized spacial score (nSPS) is 21.1. The largest absolute Gasteiger partial charge is 0.389 e. The van der Waals surface area contributed by atoms with Crippen LogP contribution in [0.2, 0.25) is 0 Å². The summed E-state index contributed by atoms with van der Waals surface area (Å²) >= 11 is 0. The summed E-state index contributed by atoms with van der Waals surface area (Å²) in [5.41, 5.74) is 0.317. The molecule has 0 saturated carbocycles. The molecule has 2 aliphatic rings. The molecule has 1 amide bonds. The van der Waals surface area contributed by atoms with E-state index >= 15 is 0 Å². The van der Waals surface area contributed by atoms with Crippen LogP contribution >= 0.6 is 0 Å². The van der Waals surface area contributed by atoms with Gasteiger partial charge in [0.15, 0.2) is 0 Å². The van der Waals surface area contributed by atoms with E-state index in [1.54, 1.807) is 0 Å². The zero-order valence-corrected chi connectivity index (χ0v) is 17.8. The van der Waals surface area contributed by atoms with Gasteiger partial charge in [-0.15, -0.1) is 0 Å². The summed E-state index contributed by atoms with van der Waals surface area (Å²) in [4.78, 5) is 16.8. The summed E-state index contributed by atoms with van der Waals surface area (Å²) in [5, 5.41) is 15.4. The van der Waals surface area contributed by atoms with Crippen LogP contribution in [0.15, 0.2) is 12.3 Å². The van der Waals surface area contributed by atoms with Gasteiger partial charge in [-0.1, -0.05) is 27.7 Å². The van der Waals surface area contributed by atoms with Gasteiger partial charge in [0.05, 0.1) is 23.8 Å². The number of hydrogen-bond acceptors (Lipinski definition) is 4. The monoisotopic (exact) mass is 378 g/mol. The van der Waals surface area contributed by atoms with Crippen molar-refractivity contribution in [3.05, 3.63) is 18.0 Å². The molecule has 1 aromatic rings. The Kier molecular flexibility index (Phi) is 7.86. The number of aliphatic hydroxyl groups is 1. The summed E-state index contributed by atoms with van der Waals surface area (Å²) < 4.78 is 2.07. The Bertz CT molecular complexity index is 583. The molecule has 0 aromatic carbocycles. The van der Waals surface area contributed by atoms with Crippen LogP contribution in [-0.4, -0.2) is 69.4 Å². The Morgan fingerprint density at radius 3 is 2.33 bits per heavy atom. The lowest BCUT2D eigenvalue weighted by atomic mass is 9.87. The predicted octanol–water partition coefficient (Wildman–Crippen LogP) is 3.04. The minimum atomic E-state index is -0.811. The molecular formula is C21H38N4O2. The van der Waals surface area contributed by atoms with Crippen LogP contribution in [0.5, 0.6) is 0 Å². The second kappa shape index (κ2) is 9.69. The third-order valence-electron chi connectivity index (χ3n) is 5.81. The molecular weight excluding hydrogens is 340 g/mol. The van der Waals surface area contributed by atoms with Gasteiger partial charge in [-0.2, -0.15) is 5.10 Å². The van der Waals surface area contributed by atoms with Crippen molar-refractivity contribution in [2.75, 3.05) is 33.2 Å². The first-order valence-electron chi connectivity index (χ1n) is 10.6. The fraction of sp³-hybridized carbons (Fsp3) is 0.810. The quantitative estimate of drug-likeness (QED) is 0.875. The van der Waals surface area contributed by atoms with Crippen molar-refractivity contribution in [1.29, 1.82) is 0 Å². The molecule has 2 aliphatic heterocycles. The number of carbonyl (C=O) groups is 1. The van der Waals surface area contributed by atoms with Crippen LogP contribution in [0, 0.1) is 0 Å². The maximum atomic E-state index is 12.6. The Labute approximate surface area is 164 Å². The van der Waals surface area contributed by atoms with Gasteiger partial charge in [-0.25, -0.2) is 0 Å². The molecule has 27 heavy (non-hydrogen) atoms. The lowest BCUT2D eigenvalue weighted by molar-refractivity contribution is -0.139. The van der Waals surface area contributed by atoms with Crippen molar-refractivity contribution in [3.63, 3.8) is 0 Å². The molecule has 0 radical (unpaired) electrons. The van der Waals surface area contributed by atoms with Crippen LogP contribution in [-0.2, 0) is 4.79 Å². The molecule has 0 spiro atoms. The number of aromatic nitrogens is 2. The molecule has 1 N–H and O–H groups in total. The van der Waals surface area contributed by atoms with E-state index in [0.29, 0.717) is 24.8 Å². The van der Waals surface area contributed by atoms with Crippen molar-refractivity contribution in [3.8, 4) is 0 Å². The van der Waals surface area contributed by atoms with E-state index in [9.17, 15) is 9.90 Å². The molecule has 6 nitrogen and oxygen atoms in total. The van der Waals surface area contributed by atoms with E-state index in [0.717, 1.165) is 44.7 Å². The van der Waals surface area contributed by atoms with E-state index in [4.69, 9.17) is 0 Å². The molecule has 0 aliphatic carbocycles. The Morgan fingerprint density at radius 1 is 1.22 bits per heavy atom. The van der Waals surface area contributed by atoms with Crippen molar-refractivity contribution in [2.45, 2.75) is 77.4 Å². The van der Waals surface area contributed by atoms with Gasteiger partial charge in [0, 0.05) is 32.4 Å². The van der Waals surface area contributed by atoms with Gasteiger partial charge >= 0.3 is 0 Å².